The predicted molar refractivity (Wildman–Crippen MR) is 28.2 cm³/mol. The molecule has 0 aromatic heterocycles. The van der Waals surface area contributed by atoms with E-state index in [1.165, 1.54) is 6.21 Å². The van der Waals surface area contributed by atoms with Gasteiger partial charge in [-0.15, -0.1) is 0 Å². The second kappa shape index (κ2) is 2.64. The monoisotopic (exact) mass is 83.1 g/mol. The largest absolute Gasteiger partial charge is 0.308 e. The quantitative estimate of drug-likeness (QED) is 0.465. The van der Waals surface area contributed by atoms with Crippen molar-refractivity contribution in [2.45, 2.75) is 13.8 Å². The van der Waals surface area contributed by atoms with Crippen LogP contribution in [0.2, 0.25) is 0 Å². The highest BCUT2D eigenvalue weighted by Crippen LogP contribution is 1.80. The van der Waals surface area contributed by atoms with Crippen molar-refractivity contribution in [3.05, 3.63) is 11.6 Å². The summed E-state index contributed by atoms with van der Waals surface area (Å²) >= 11 is 0. The molecule has 0 spiro atoms. The van der Waals surface area contributed by atoms with Crippen molar-refractivity contribution in [3.8, 4) is 0 Å². The van der Waals surface area contributed by atoms with Crippen LogP contribution in [0, 0.1) is 5.41 Å². The van der Waals surface area contributed by atoms with Gasteiger partial charge in [0.2, 0.25) is 0 Å². The standard InChI is InChI=1S/C5H9N/c1-3-5(2)4-6/h3-4,6H,1-2H3/b5-3+,6-4?. The Morgan fingerprint density at radius 1 is 1.67 bits per heavy atom. The van der Waals surface area contributed by atoms with Crippen molar-refractivity contribution in [1.29, 1.82) is 5.41 Å². The SMILES string of the molecule is C/C=C(\C)C=N. The first-order valence-corrected chi connectivity index (χ1v) is 1.94. The second-order valence-electron chi connectivity index (χ2n) is 1.18. The molecular weight excluding hydrogens is 74.1 g/mol. The van der Waals surface area contributed by atoms with E-state index in [-0.39, 0.29) is 0 Å². The van der Waals surface area contributed by atoms with Crippen molar-refractivity contribution in [3.63, 3.8) is 0 Å². The smallest absolute Gasteiger partial charge is 0.0203 e. The molecule has 0 atom stereocenters. The molecule has 0 rings (SSSR count). The molecule has 0 bridgehead atoms. The van der Waals surface area contributed by atoms with Crippen LogP contribution < -0.4 is 0 Å². The highest BCUT2D eigenvalue weighted by molar-refractivity contribution is 5.74. The van der Waals surface area contributed by atoms with Gasteiger partial charge in [-0.2, -0.15) is 0 Å². The Morgan fingerprint density at radius 2 is 2.17 bits per heavy atom. The predicted octanol–water partition coefficient (Wildman–Crippen LogP) is 1.60. The molecule has 0 fully saturated rings. The summed E-state index contributed by atoms with van der Waals surface area (Å²) in [5.41, 5.74) is 1.01. The first-order chi connectivity index (χ1) is 2.81. The van der Waals surface area contributed by atoms with E-state index in [1.807, 2.05) is 19.9 Å². The molecule has 1 nitrogen and oxygen atoms in total. The number of hydrogen-bond acceptors (Lipinski definition) is 1. The van der Waals surface area contributed by atoms with Gasteiger partial charge < -0.3 is 5.41 Å². The number of allylic oxidation sites excluding steroid dienone is 2. The maximum absolute atomic E-state index is 6.62. The van der Waals surface area contributed by atoms with E-state index in [0.29, 0.717) is 0 Å². The van der Waals surface area contributed by atoms with Crippen LogP contribution in [0.5, 0.6) is 0 Å². The van der Waals surface area contributed by atoms with Gasteiger partial charge in [0.15, 0.2) is 0 Å². The molecule has 0 saturated heterocycles. The van der Waals surface area contributed by atoms with Crippen LogP contribution in [-0.2, 0) is 0 Å². The summed E-state index contributed by atoms with van der Waals surface area (Å²) in [6.45, 7) is 3.81. The van der Waals surface area contributed by atoms with Crippen LogP contribution >= 0.6 is 0 Å². The molecular formula is C5H9N. The van der Waals surface area contributed by atoms with E-state index in [0.717, 1.165) is 5.57 Å². The average molecular weight is 83.1 g/mol. The van der Waals surface area contributed by atoms with Gasteiger partial charge in [-0.25, -0.2) is 0 Å². The molecule has 0 aromatic rings. The highest BCUT2D eigenvalue weighted by Gasteiger charge is 1.68. The molecule has 0 amide bonds. The fraction of sp³-hybridized carbons (Fsp3) is 0.400. The van der Waals surface area contributed by atoms with Crippen LogP contribution in [0.25, 0.3) is 0 Å². The summed E-state index contributed by atoms with van der Waals surface area (Å²) in [4.78, 5) is 0. The molecule has 0 aromatic carbocycles. The molecule has 1 N–H and O–H groups in total. The minimum Gasteiger partial charge on any atom is -0.308 e. The zero-order valence-corrected chi connectivity index (χ0v) is 4.15. The lowest BCUT2D eigenvalue weighted by Crippen LogP contribution is -1.68. The molecule has 0 radical (unpaired) electrons. The zero-order valence-electron chi connectivity index (χ0n) is 4.15. The number of hydrogen-bond donors (Lipinski definition) is 1. The van der Waals surface area contributed by atoms with E-state index < -0.39 is 0 Å². The lowest BCUT2D eigenvalue weighted by atomic mass is 10.3. The Hall–Kier alpha value is -0.590. The normalized spacial score (nSPS) is 11.3. The number of rotatable bonds is 1. The summed E-state index contributed by atoms with van der Waals surface area (Å²) in [5.74, 6) is 0. The van der Waals surface area contributed by atoms with E-state index in [4.69, 9.17) is 5.41 Å². The molecule has 0 aliphatic rings. The van der Waals surface area contributed by atoms with Gasteiger partial charge in [0.25, 0.3) is 0 Å². The van der Waals surface area contributed by atoms with Gasteiger partial charge >= 0.3 is 0 Å². The van der Waals surface area contributed by atoms with Gasteiger partial charge in [-0.3, -0.25) is 0 Å². The molecule has 0 saturated carbocycles. The summed E-state index contributed by atoms with van der Waals surface area (Å²) in [6, 6.07) is 0. The van der Waals surface area contributed by atoms with E-state index in [1.54, 1.807) is 0 Å². The minimum atomic E-state index is 1.01. The van der Waals surface area contributed by atoms with Crippen molar-refractivity contribution in [1.82, 2.24) is 0 Å². The summed E-state index contributed by atoms with van der Waals surface area (Å²) in [5, 5.41) is 6.62. The molecule has 0 aliphatic heterocycles. The van der Waals surface area contributed by atoms with Crippen LogP contribution in [0.4, 0.5) is 0 Å². The maximum atomic E-state index is 6.62. The van der Waals surface area contributed by atoms with Gasteiger partial charge in [-0.05, 0) is 19.4 Å². The van der Waals surface area contributed by atoms with Crippen molar-refractivity contribution < 1.29 is 0 Å². The van der Waals surface area contributed by atoms with Gasteiger partial charge in [-0.1, -0.05) is 6.08 Å². The molecule has 0 heterocycles. The third-order valence-electron chi connectivity index (χ3n) is 0.683. The zero-order chi connectivity index (χ0) is 4.99. The molecule has 6 heavy (non-hydrogen) atoms. The van der Waals surface area contributed by atoms with Crippen molar-refractivity contribution >= 4 is 6.21 Å². The Balaban J connectivity index is 3.50. The first-order valence-electron chi connectivity index (χ1n) is 1.94. The Bertz CT molecular complexity index is 72.0. The number of nitrogens with one attached hydrogen (secondary N) is 1. The lowest BCUT2D eigenvalue weighted by molar-refractivity contribution is 1.48. The fourth-order valence-electron chi connectivity index (χ4n) is 0.0833. The van der Waals surface area contributed by atoms with Gasteiger partial charge in [0, 0.05) is 6.21 Å². The van der Waals surface area contributed by atoms with Crippen LogP contribution in [-0.4, -0.2) is 6.21 Å². The summed E-state index contributed by atoms with van der Waals surface area (Å²) in [6.07, 6.45) is 3.23. The first kappa shape index (κ1) is 5.41. The Labute approximate surface area is 38.2 Å². The maximum Gasteiger partial charge on any atom is 0.0203 e. The van der Waals surface area contributed by atoms with E-state index in [2.05, 4.69) is 0 Å². The van der Waals surface area contributed by atoms with Gasteiger partial charge in [0.05, 0.1) is 0 Å². The third-order valence-corrected chi connectivity index (χ3v) is 0.683. The van der Waals surface area contributed by atoms with Crippen LogP contribution in [0.1, 0.15) is 13.8 Å². The van der Waals surface area contributed by atoms with Gasteiger partial charge in [0.1, 0.15) is 0 Å². The molecule has 34 valence electrons. The second-order valence-corrected chi connectivity index (χ2v) is 1.18. The Morgan fingerprint density at radius 3 is 2.17 bits per heavy atom. The highest BCUT2D eigenvalue weighted by atomic mass is 14.3. The molecule has 0 unspecified atom stereocenters. The molecule has 1 heteroatoms. The summed E-state index contributed by atoms with van der Waals surface area (Å²) < 4.78 is 0. The van der Waals surface area contributed by atoms with E-state index in [9.17, 15) is 0 Å². The minimum absolute atomic E-state index is 1.01. The fourth-order valence-corrected chi connectivity index (χ4v) is 0.0833. The topological polar surface area (TPSA) is 23.9 Å². The van der Waals surface area contributed by atoms with Crippen LogP contribution in [0.15, 0.2) is 11.6 Å². The summed E-state index contributed by atoms with van der Waals surface area (Å²) in [7, 11) is 0. The Kier molecular flexibility index (Phi) is 2.38. The molecule has 0 aliphatic carbocycles. The van der Waals surface area contributed by atoms with Crippen molar-refractivity contribution in [2.24, 2.45) is 0 Å². The lowest BCUT2D eigenvalue weighted by Gasteiger charge is -1.76. The van der Waals surface area contributed by atoms with E-state index >= 15 is 0 Å². The average Bonchev–Trinajstić information content (AvgIpc) is 1.65. The van der Waals surface area contributed by atoms with Crippen molar-refractivity contribution in [2.75, 3.05) is 0 Å². The third kappa shape index (κ3) is 1.70. The van der Waals surface area contributed by atoms with Crippen LogP contribution in [0.3, 0.4) is 0 Å².